The summed E-state index contributed by atoms with van der Waals surface area (Å²) in [6.07, 6.45) is 0.665. The summed E-state index contributed by atoms with van der Waals surface area (Å²) in [6.45, 7) is 1.58. The van der Waals surface area contributed by atoms with Gasteiger partial charge in [0.1, 0.15) is 17.7 Å². The Balaban J connectivity index is 2.46. The largest absolute Gasteiger partial charge is 0.492 e. The van der Waals surface area contributed by atoms with Gasteiger partial charge in [0, 0.05) is 0 Å². The third kappa shape index (κ3) is 2.59. The van der Waals surface area contributed by atoms with E-state index in [4.69, 9.17) is 5.11 Å². The number of rotatable bonds is 3. The van der Waals surface area contributed by atoms with Crippen LogP contribution in [-0.4, -0.2) is 32.2 Å². The van der Waals surface area contributed by atoms with Crippen LogP contribution in [0.4, 0.5) is 10.1 Å². The fourth-order valence-corrected chi connectivity index (χ4v) is 1.54. The predicted octanol–water partition coefficient (Wildman–Crippen LogP) is 1.81. The number of aliphatic carboxylic acids is 1. The molecule has 7 heteroatoms. The number of nitrogens with zero attached hydrogens (tertiary/aromatic N) is 3. The highest BCUT2D eigenvalue weighted by Crippen LogP contribution is 2.31. The summed E-state index contributed by atoms with van der Waals surface area (Å²) in [7, 11) is 0. The van der Waals surface area contributed by atoms with E-state index in [0.717, 1.165) is 4.68 Å². The Kier molecular flexibility index (Phi) is 3.28. The highest BCUT2D eigenvalue weighted by molar-refractivity contribution is 6.22. The molecule has 0 fully saturated rings. The number of carboxylic acids is 1. The maximum atomic E-state index is 12.8. The molecule has 0 unspecified atom stereocenters. The molecule has 2 rings (SSSR count). The zero-order valence-electron chi connectivity index (χ0n) is 9.91. The first-order valence-corrected chi connectivity index (χ1v) is 5.30. The van der Waals surface area contributed by atoms with Crippen LogP contribution in [0.25, 0.3) is 5.69 Å². The molecule has 0 aliphatic carbocycles. The van der Waals surface area contributed by atoms with Crippen molar-refractivity contribution >= 4 is 17.9 Å². The van der Waals surface area contributed by atoms with Crippen LogP contribution in [0, 0.1) is 12.7 Å². The molecule has 0 spiro atoms. The molecule has 0 aliphatic heterocycles. The topological polar surface area (TPSA) is 87.7 Å². The van der Waals surface area contributed by atoms with E-state index in [1.165, 1.54) is 24.3 Å². The number of aromatic hydroxyl groups is 1. The van der Waals surface area contributed by atoms with Gasteiger partial charge in [-0.3, -0.25) is 0 Å². The Hall–Kier alpha value is -2.70. The summed E-state index contributed by atoms with van der Waals surface area (Å²) in [5.74, 6) is -1.94. The number of halogens is 1. The predicted molar refractivity (Wildman–Crippen MR) is 65.7 cm³/mol. The summed E-state index contributed by atoms with van der Waals surface area (Å²) in [5, 5.41) is 22.5. The lowest BCUT2D eigenvalue weighted by atomic mass is 10.3. The molecule has 6 nitrogen and oxygen atoms in total. The summed E-state index contributed by atoms with van der Waals surface area (Å²) < 4.78 is 14.0. The Morgan fingerprint density at radius 3 is 2.63 bits per heavy atom. The first-order chi connectivity index (χ1) is 8.99. The lowest BCUT2D eigenvalue weighted by molar-refractivity contribution is -0.128. The number of aliphatic imine (C=N–C) groups is 1. The third-order valence-corrected chi connectivity index (χ3v) is 2.38. The van der Waals surface area contributed by atoms with Crippen molar-refractivity contribution in [3.8, 4) is 11.6 Å². The molecule has 0 radical (unpaired) electrons. The SMILES string of the molecule is Cc1nn(-c2ccc(F)cc2)c(O)c1N=CC(=O)O. The second-order valence-electron chi connectivity index (χ2n) is 3.74. The molecule has 0 bridgehead atoms. The Labute approximate surface area is 107 Å². The van der Waals surface area contributed by atoms with Crippen molar-refractivity contribution in [3.63, 3.8) is 0 Å². The molecule has 2 N–H and O–H groups in total. The minimum absolute atomic E-state index is 0.0618. The van der Waals surface area contributed by atoms with E-state index < -0.39 is 11.8 Å². The second kappa shape index (κ2) is 4.89. The Morgan fingerprint density at radius 2 is 2.05 bits per heavy atom. The number of aryl methyl sites for hydroxylation is 1. The van der Waals surface area contributed by atoms with E-state index in [-0.39, 0.29) is 11.6 Å². The quantitative estimate of drug-likeness (QED) is 0.827. The van der Waals surface area contributed by atoms with Crippen molar-refractivity contribution in [2.75, 3.05) is 0 Å². The van der Waals surface area contributed by atoms with Gasteiger partial charge in [-0.25, -0.2) is 14.2 Å². The van der Waals surface area contributed by atoms with Crippen molar-refractivity contribution in [1.29, 1.82) is 0 Å². The standard InChI is InChI=1S/C12H10FN3O3/c1-7-11(14-6-10(17)18)12(19)16(15-7)9-4-2-8(13)3-5-9/h2-6,19H,1H3,(H,17,18). The Morgan fingerprint density at radius 1 is 1.42 bits per heavy atom. The molecule has 2 aromatic rings. The average Bonchev–Trinajstić information content (AvgIpc) is 2.63. The molecule has 19 heavy (non-hydrogen) atoms. The van der Waals surface area contributed by atoms with Gasteiger partial charge in [0.15, 0.2) is 0 Å². The minimum Gasteiger partial charge on any atom is -0.492 e. The van der Waals surface area contributed by atoms with Gasteiger partial charge in [0.25, 0.3) is 0 Å². The molecule has 0 atom stereocenters. The minimum atomic E-state index is -1.23. The lowest BCUT2D eigenvalue weighted by Gasteiger charge is -2.02. The van der Waals surface area contributed by atoms with Crippen molar-refractivity contribution in [1.82, 2.24) is 9.78 Å². The maximum absolute atomic E-state index is 12.8. The van der Waals surface area contributed by atoms with E-state index in [9.17, 15) is 14.3 Å². The van der Waals surface area contributed by atoms with Crippen molar-refractivity contribution in [2.24, 2.45) is 4.99 Å². The third-order valence-electron chi connectivity index (χ3n) is 2.38. The molecule has 1 aromatic heterocycles. The van der Waals surface area contributed by atoms with Crippen LogP contribution in [0.15, 0.2) is 29.3 Å². The highest BCUT2D eigenvalue weighted by Gasteiger charge is 2.14. The van der Waals surface area contributed by atoms with E-state index in [0.29, 0.717) is 17.6 Å². The molecule has 1 aromatic carbocycles. The van der Waals surface area contributed by atoms with Gasteiger partial charge in [-0.2, -0.15) is 9.78 Å². The van der Waals surface area contributed by atoms with Crippen LogP contribution in [0.1, 0.15) is 5.69 Å². The highest BCUT2D eigenvalue weighted by atomic mass is 19.1. The van der Waals surface area contributed by atoms with E-state index in [2.05, 4.69) is 10.1 Å². The summed E-state index contributed by atoms with van der Waals surface area (Å²) >= 11 is 0. The van der Waals surface area contributed by atoms with Gasteiger partial charge >= 0.3 is 5.97 Å². The molecule has 0 aliphatic rings. The van der Waals surface area contributed by atoms with E-state index >= 15 is 0 Å². The molecule has 98 valence electrons. The van der Waals surface area contributed by atoms with Crippen LogP contribution in [-0.2, 0) is 4.79 Å². The number of benzene rings is 1. The Bertz CT molecular complexity index is 647. The van der Waals surface area contributed by atoms with Gasteiger partial charge in [-0.1, -0.05) is 0 Å². The molecule has 0 saturated carbocycles. The van der Waals surface area contributed by atoms with Crippen molar-refractivity contribution in [3.05, 3.63) is 35.8 Å². The number of hydrogen-bond donors (Lipinski definition) is 2. The summed E-state index contributed by atoms with van der Waals surface area (Å²) in [4.78, 5) is 14.0. The first kappa shape index (κ1) is 12.7. The van der Waals surface area contributed by atoms with E-state index in [1.807, 2.05) is 0 Å². The first-order valence-electron chi connectivity index (χ1n) is 5.30. The molecule has 0 saturated heterocycles. The van der Waals surface area contributed by atoms with E-state index in [1.54, 1.807) is 6.92 Å². The lowest BCUT2D eigenvalue weighted by Crippen LogP contribution is -1.96. The van der Waals surface area contributed by atoms with Crippen LogP contribution in [0.3, 0.4) is 0 Å². The van der Waals surface area contributed by atoms with Crippen LogP contribution in [0.2, 0.25) is 0 Å². The molecular formula is C12H10FN3O3. The fourth-order valence-electron chi connectivity index (χ4n) is 1.54. The van der Waals surface area contributed by atoms with Crippen molar-refractivity contribution in [2.45, 2.75) is 6.92 Å². The fraction of sp³-hybridized carbons (Fsp3) is 0.0833. The normalized spacial score (nSPS) is 11.1. The van der Waals surface area contributed by atoms with Gasteiger partial charge < -0.3 is 10.2 Å². The second-order valence-corrected chi connectivity index (χ2v) is 3.74. The van der Waals surface area contributed by atoms with Gasteiger partial charge in [0.2, 0.25) is 5.88 Å². The molecule has 1 heterocycles. The van der Waals surface area contributed by atoms with Gasteiger partial charge in [0.05, 0.1) is 11.4 Å². The zero-order chi connectivity index (χ0) is 14.0. The van der Waals surface area contributed by atoms with Gasteiger partial charge in [-0.05, 0) is 31.2 Å². The van der Waals surface area contributed by atoms with Crippen LogP contribution < -0.4 is 0 Å². The van der Waals surface area contributed by atoms with Gasteiger partial charge in [-0.15, -0.1) is 0 Å². The summed E-state index contributed by atoms with van der Waals surface area (Å²) in [6, 6.07) is 5.33. The monoisotopic (exact) mass is 263 g/mol. The number of hydrogen-bond acceptors (Lipinski definition) is 4. The van der Waals surface area contributed by atoms with Crippen LogP contribution in [0.5, 0.6) is 5.88 Å². The number of carbonyl (C=O) groups is 1. The smallest absolute Gasteiger partial charge is 0.346 e. The van der Waals surface area contributed by atoms with Crippen LogP contribution >= 0.6 is 0 Å². The summed E-state index contributed by atoms with van der Waals surface area (Å²) in [5.41, 5.74) is 0.866. The molecule has 0 amide bonds. The molecular weight excluding hydrogens is 253 g/mol. The van der Waals surface area contributed by atoms with Crippen molar-refractivity contribution < 1.29 is 19.4 Å². The maximum Gasteiger partial charge on any atom is 0.346 e. The number of aromatic nitrogens is 2. The average molecular weight is 263 g/mol. The number of carboxylic acid groups (broad SMARTS) is 1. The zero-order valence-corrected chi connectivity index (χ0v) is 9.91.